The van der Waals surface area contributed by atoms with Crippen LogP contribution in [0.4, 0.5) is 5.69 Å². The van der Waals surface area contributed by atoms with Gasteiger partial charge in [-0.3, -0.25) is 4.79 Å². The molecule has 3 heteroatoms. The van der Waals surface area contributed by atoms with Gasteiger partial charge in [0.15, 0.2) is 5.75 Å². The second kappa shape index (κ2) is 5.78. The molecule has 3 nitrogen and oxygen atoms in total. The SMILES string of the molecule is O=C1CCN(c2ccccc2Oc2ccccc2)CC1. The van der Waals surface area contributed by atoms with Gasteiger partial charge in [0.2, 0.25) is 0 Å². The molecule has 2 aromatic carbocycles. The minimum Gasteiger partial charge on any atom is -0.455 e. The van der Waals surface area contributed by atoms with Gasteiger partial charge in [-0.1, -0.05) is 30.3 Å². The number of hydrogen-bond donors (Lipinski definition) is 0. The van der Waals surface area contributed by atoms with Crippen molar-refractivity contribution in [1.29, 1.82) is 0 Å². The minimum absolute atomic E-state index is 0.350. The molecule has 0 bridgehead atoms. The fourth-order valence-corrected chi connectivity index (χ4v) is 2.42. The minimum atomic E-state index is 0.350. The number of anilines is 1. The van der Waals surface area contributed by atoms with Gasteiger partial charge in [0, 0.05) is 25.9 Å². The summed E-state index contributed by atoms with van der Waals surface area (Å²) in [6.45, 7) is 1.54. The van der Waals surface area contributed by atoms with E-state index in [1.807, 2.05) is 54.6 Å². The number of ether oxygens (including phenoxy) is 1. The van der Waals surface area contributed by atoms with E-state index in [-0.39, 0.29) is 0 Å². The Morgan fingerprint density at radius 2 is 1.50 bits per heavy atom. The third-order valence-corrected chi connectivity index (χ3v) is 3.50. The lowest BCUT2D eigenvalue weighted by Crippen LogP contribution is -2.33. The molecule has 1 saturated heterocycles. The van der Waals surface area contributed by atoms with Gasteiger partial charge in [0.25, 0.3) is 0 Å². The lowest BCUT2D eigenvalue weighted by atomic mass is 10.1. The Morgan fingerprint density at radius 1 is 0.850 bits per heavy atom. The van der Waals surface area contributed by atoms with Gasteiger partial charge in [-0.15, -0.1) is 0 Å². The molecule has 0 N–H and O–H groups in total. The molecule has 102 valence electrons. The van der Waals surface area contributed by atoms with Gasteiger partial charge in [-0.25, -0.2) is 0 Å². The molecule has 0 aliphatic carbocycles. The topological polar surface area (TPSA) is 29.5 Å². The third kappa shape index (κ3) is 2.82. The van der Waals surface area contributed by atoms with Crippen molar-refractivity contribution in [2.24, 2.45) is 0 Å². The van der Waals surface area contributed by atoms with E-state index in [0.717, 1.165) is 30.3 Å². The number of rotatable bonds is 3. The Balaban J connectivity index is 1.83. The van der Waals surface area contributed by atoms with Gasteiger partial charge in [0.1, 0.15) is 11.5 Å². The smallest absolute Gasteiger partial charge is 0.150 e. The predicted octanol–water partition coefficient (Wildman–Crippen LogP) is 3.65. The molecule has 1 fully saturated rings. The van der Waals surface area contributed by atoms with Crippen molar-refractivity contribution in [3.8, 4) is 11.5 Å². The first-order chi connectivity index (χ1) is 9.83. The van der Waals surface area contributed by atoms with Crippen LogP contribution in [0.2, 0.25) is 0 Å². The van der Waals surface area contributed by atoms with Gasteiger partial charge in [-0.2, -0.15) is 0 Å². The number of carbonyl (C=O) groups excluding carboxylic acids is 1. The number of nitrogens with zero attached hydrogens (tertiary/aromatic N) is 1. The third-order valence-electron chi connectivity index (χ3n) is 3.50. The van der Waals surface area contributed by atoms with E-state index in [2.05, 4.69) is 4.90 Å². The molecule has 1 aliphatic heterocycles. The lowest BCUT2D eigenvalue weighted by Gasteiger charge is -2.29. The van der Waals surface area contributed by atoms with E-state index in [9.17, 15) is 4.79 Å². The first-order valence-corrected chi connectivity index (χ1v) is 6.91. The molecule has 1 aliphatic rings. The Morgan fingerprint density at radius 3 is 2.25 bits per heavy atom. The zero-order chi connectivity index (χ0) is 13.8. The van der Waals surface area contributed by atoms with Crippen molar-refractivity contribution in [3.05, 3.63) is 54.6 Å². The Labute approximate surface area is 118 Å². The van der Waals surface area contributed by atoms with Crippen LogP contribution in [0.1, 0.15) is 12.8 Å². The lowest BCUT2D eigenvalue weighted by molar-refractivity contribution is -0.119. The maximum absolute atomic E-state index is 11.4. The van der Waals surface area contributed by atoms with Crippen LogP contribution in [-0.2, 0) is 4.79 Å². The van der Waals surface area contributed by atoms with Crippen molar-refractivity contribution in [2.75, 3.05) is 18.0 Å². The van der Waals surface area contributed by atoms with Gasteiger partial charge >= 0.3 is 0 Å². The normalized spacial score (nSPS) is 15.2. The summed E-state index contributed by atoms with van der Waals surface area (Å²) < 4.78 is 5.96. The van der Waals surface area contributed by atoms with Gasteiger partial charge < -0.3 is 9.64 Å². The number of hydrogen-bond acceptors (Lipinski definition) is 3. The van der Waals surface area contributed by atoms with Gasteiger partial charge in [0.05, 0.1) is 5.69 Å². The molecule has 20 heavy (non-hydrogen) atoms. The monoisotopic (exact) mass is 267 g/mol. The molecule has 0 saturated carbocycles. The highest BCUT2D eigenvalue weighted by molar-refractivity contribution is 5.81. The predicted molar refractivity (Wildman–Crippen MR) is 79.4 cm³/mol. The maximum Gasteiger partial charge on any atom is 0.150 e. The second-order valence-corrected chi connectivity index (χ2v) is 4.91. The van der Waals surface area contributed by atoms with Crippen LogP contribution in [0.25, 0.3) is 0 Å². The summed E-state index contributed by atoms with van der Waals surface area (Å²) >= 11 is 0. The largest absolute Gasteiger partial charge is 0.455 e. The van der Waals surface area contributed by atoms with Crippen LogP contribution in [0.15, 0.2) is 54.6 Å². The van der Waals surface area contributed by atoms with Gasteiger partial charge in [-0.05, 0) is 24.3 Å². The van der Waals surface area contributed by atoms with E-state index in [4.69, 9.17) is 4.74 Å². The molecule has 0 spiro atoms. The summed E-state index contributed by atoms with van der Waals surface area (Å²) in [5.41, 5.74) is 1.06. The highest BCUT2D eigenvalue weighted by Gasteiger charge is 2.19. The first kappa shape index (κ1) is 12.7. The van der Waals surface area contributed by atoms with Crippen molar-refractivity contribution in [2.45, 2.75) is 12.8 Å². The molecule has 0 aromatic heterocycles. The highest BCUT2D eigenvalue weighted by atomic mass is 16.5. The summed E-state index contributed by atoms with van der Waals surface area (Å²) in [6, 6.07) is 17.8. The first-order valence-electron chi connectivity index (χ1n) is 6.91. The molecule has 0 amide bonds. The quantitative estimate of drug-likeness (QED) is 0.850. The molecule has 2 aromatic rings. The Kier molecular flexibility index (Phi) is 3.68. The average molecular weight is 267 g/mol. The van der Waals surface area contributed by atoms with E-state index in [0.29, 0.717) is 18.6 Å². The molecule has 0 radical (unpaired) electrons. The summed E-state index contributed by atoms with van der Waals surface area (Å²) in [4.78, 5) is 13.6. The van der Waals surface area contributed by atoms with Crippen LogP contribution in [0.5, 0.6) is 11.5 Å². The van der Waals surface area contributed by atoms with Crippen molar-refractivity contribution in [3.63, 3.8) is 0 Å². The van der Waals surface area contributed by atoms with Crippen molar-refractivity contribution < 1.29 is 9.53 Å². The average Bonchev–Trinajstić information content (AvgIpc) is 2.50. The molecule has 0 atom stereocenters. The Bertz CT molecular complexity index is 585. The number of piperidine rings is 1. The highest BCUT2D eigenvalue weighted by Crippen LogP contribution is 2.33. The summed E-state index contributed by atoms with van der Waals surface area (Å²) in [5, 5.41) is 0. The van der Waals surface area contributed by atoms with E-state index >= 15 is 0 Å². The zero-order valence-electron chi connectivity index (χ0n) is 11.3. The number of Topliss-reactive ketones (excluding diaryl/α,β-unsaturated/α-hetero) is 1. The number of para-hydroxylation sites is 3. The molecular weight excluding hydrogens is 250 g/mol. The van der Waals surface area contributed by atoms with Crippen LogP contribution >= 0.6 is 0 Å². The molecule has 0 unspecified atom stereocenters. The van der Waals surface area contributed by atoms with Crippen LogP contribution in [0, 0.1) is 0 Å². The van der Waals surface area contributed by atoms with E-state index in [1.54, 1.807) is 0 Å². The van der Waals surface area contributed by atoms with Crippen LogP contribution in [0.3, 0.4) is 0 Å². The number of benzene rings is 2. The summed E-state index contributed by atoms with van der Waals surface area (Å²) in [6.07, 6.45) is 1.25. The fraction of sp³-hybridized carbons (Fsp3) is 0.235. The van der Waals surface area contributed by atoms with Crippen LogP contribution < -0.4 is 9.64 Å². The summed E-state index contributed by atoms with van der Waals surface area (Å²) in [5.74, 6) is 2.02. The molecular formula is C17H17NO2. The molecule has 1 heterocycles. The van der Waals surface area contributed by atoms with E-state index < -0.39 is 0 Å². The molecule has 3 rings (SSSR count). The second-order valence-electron chi connectivity index (χ2n) is 4.91. The Hall–Kier alpha value is -2.29. The maximum atomic E-state index is 11.4. The standard InChI is InChI=1S/C17H17NO2/c19-14-10-12-18(13-11-14)16-8-4-5-9-17(16)20-15-6-2-1-3-7-15/h1-9H,10-13H2. The fourth-order valence-electron chi connectivity index (χ4n) is 2.42. The summed E-state index contributed by atoms with van der Waals surface area (Å²) in [7, 11) is 0. The van der Waals surface area contributed by atoms with Crippen molar-refractivity contribution >= 4 is 11.5 Å². The van der Waals surface area contributed by atoms with Crippen molar-refractivity contribution in [1.82, 2.24) is 0 Å². The van der Waals surface area contributed by atoms with E-state index in [1.165, 1.54) is 0 Å². The zero-order valence-corrected chi connectivity index (χ0v) is 11.3. The number of carbonyl (C=O) groups is 1. The number of ketones is 1. The van der Waals surface area contributed by atoms with Crippen LogP contribution in [-0.4, -0.2) is 18.9 Å².